The van der Waals surface area contributed by atoms with Crippen LogP contribution in [0, 0.1) is 6.92 Å². The number of nitrogens with zero attached hydrogens (tertiary/aromatic N) is 6. The quantitative estimate of drug-likeness (QED) is 0.797. The highest BCUT2D eigenvalue weighted by molar-refractivity contribution is 5.07. The molecule has 0 spiro atoms. The molecule has 0 aliphatic carbocycles. The van der Waals surface area contributed by atoms with Crippen molar-refractivity contribution < 1.29 is 0 Å². The lowest BCUT2D eigenvalue weighted by molar-refractivity contribution is 0.192. The van der Waals surface area contributed by atoms with E-state index in [1.54, 1.807) is 4.68 Å². The highest BCUT2D eigenvalue weighted by Gasteiger charge is 2.27. The Morgan fingerprint density at radius 1 is 1.38 bits per heavy atom. The summed E-state index contributed by atoms with van der Waals surface area (Å²) in [6.07, 6.45) is 2.21. The van der Waals surface area contributed by atoms with Crippen LogP contribution in [-0.2, 0) is 19.6 Å². The van der Waals surface area contributed by atoms with Gasteiger partial charge in [0, 0.05) is 37.8 Å². The average Bonchev–Trinajstić information content (AvgIpc) is 3.16. The number of hydrogen-bond donors (Lipinski definition) is 1. The summed E-state index contributed by atoms with van der Waals surface area (Å²) in [7, 11) is 4.02. The van der Waals surface area contributed by atoms with E-state index in [0.29, 0.717) is 19.0 Å². The lowest BCUT2D eigenvalue weighted by Gasteiger charge is -2.31. The maximum absolute atomic E-state index is 12.7. The number of likely N-dealkylation sites (tertiary alicyclic amines) is 1. The number of aromatic amines is 1. The third-order valence-electron chi connectivity index (χ3n) is 5.04. The van der Waals surface area contributed by atoms with E-state index in [2.05, 4.69) is 26.1 Å². The summed E-state index contributed by atoms with van der Waals surface area (Å²) in [5.41, 5.74) is 2.19. The van der Waals surface area contributed by atoms with Gasteiger partial charge in [0.25, 0.3) is 0 Å². The molecule has 1 atom stereocenters. The number of nitrogens with one attached hydrogen (secondary N) is 1. The van der Waals surface area contributed by atoms with Gasteiger partial charge in [0.2, 0.25) is 0 Å². The summed E-state index contributed by atoms with van der Waals surface area (Å²) in [4.78, 5) is 17.2. The largest absolute Gasteiger partial charge is 0.345 e. The van der Waals surface area contributed by atoms with Gasteiger partial charge in [-0.05, 0) is 53.4 Å². The van der Waals surface area contributed by atoms with Gasteiger partial charge >= 0.3 is 5.69 Å². The number of likely N-dealkylation sites (N-methyl/N-ethyl adjacent to an activating group) is 1. The molecule has 144 valence electrons. The van der Waals surface area contributed by atoms with Crippen LogP contribution in [0.1, 0.15) is 42.9 Å². The molecule has 1 aliphatic rings. The summed E-state index contributed by atoms with van der Waals surface area (Å²) in [5.74, 6) is 1.25. The Hall–Kier alpha value is -1.93. The summed E-state index contributed by atoms with van der Waals surface area (Å²) in [5, 5.41) is 12.1. The summed E-state index contributed by atoms with van der Waals surface area (Å²) in [6, 6.07) is 2.10. The third-order valence-corrected chi connectivity index (χ3v) is 5.04. The van der Waals surface area contributed by atoms with Gasteiger partial charge in [-0.1, -0.05) is 0 Å². The normalized spacial score (nSPS) is 18.7. The molecule has 0 bridgehead atoms. The van der Waals surface area contributed by atoms with Crippen molar-refractivity contribution in [3.8, 4) is 0 Å². The molecule has 3 heterocycles. The van der Waals surface area contributed by atoms with Crippen molar-refractivity contribution in [2.45, 2.75) is 52.2 Å². The van der Waals surface area contributed by atoms with Crippen LogP contribution in [-0.4, -0.2) is 68.1 Å². The van der Waals surface area contributed by atoms with Crippen molar-refractivity contribution in [2.75, 3.05) is 33.7 Å². The average molecular weight is 361 g/mol. The van der Waals surface area contributed by atoms with E-state index in [9.17, 15) is 4.79 Å². The molecule has 8 nitrogen and oxygen atoms in total. The number of H-pyrrole nitrogens is 1. The van der Waals surface area contributed by atoms with Gasteiger partial charge in [0.15, 0.2) is 0 Å². The number of rotatable bonds is 7. The zero-order valence-electron chi connectivity index (χ0n) is 16.4. The Morgan fingerprint density at radius 2 is 2.19 bits per heavy atom. The fraction of sp³-hybridized carbons (Fsp3) is 0.722. The molecule has 26 heavy (non-hydrogen) atoms. The standard InChI is InChI=1S/C18H31N7O/c1-5-24-17(21-25(18(24)26)10-9-22(3)4)15-7-6-8-23(12-15)13-16-11-14(2)19-20-16/h11,15H,5-10,12-13H2,1-4H3,(H,19,20)/t15-/m0/s1. The van der Waals surface area contributed by atoms with Crippen LogP contribution in [0.25, 0.3) is 0 Å². The molecular weight excluding hydrogens is 330 g/mol. The highest BCUT2D eigenvalue weighted by atomic mass is 16.2. The molecule has 0 radical (unpaired) electrons. The zero-order chi connectivity index (χ0) is 18.7. The van der Waals surface area contributed by atoms with Crippen molar-refractivity contribution >= 4 is 0 Å². The predicted molar refractivity (Wildman–Crippen MR) is 101 cm³/mol. The predicted octanol–water partition coefficient (Wildman–Crippen LogP) is 1.04. The van der Waals surface area contributed by atoms with Gasteiger partial charge in [-0.15, -0.1) is 0 Å². The van der Waals surface area contributed by atoms with Gasteiger partial charge in [0.1, 0.15) is 5.82 Å². The highest BCUT2D eigenvalue weighted by Crippen LogP contribution is 2.26. The minimum atomic E-state index is 0.0180. The van der Waals surface area contributed by atoms with Crippen molar-refractivity contribution in [3.63, 3.8) is 0 Å². The lowest BCUT2D eigenvalue weighted by atomic mass is 9.97. The first-order chi connectivity index (χ1) is 12.5. The van der Waals surface area contributed by atoms with E-state index in [4.69, 9.17) is 5.10 Å². The van der Waals surface area contributed by atoms with E-state index >= 15 is 0 Å². The Morgan fingerprint density at radius 3 is 2.85 bits per heavy atom. The Kier molecular flexibility index (Phi) is 5.93. The summed E-state index contributed by atoms with van der Waals surface area (Å²) < 4.78 is 3.48. The number of piperidine rings is 1. The molecule has 1 aliphatic heterocycles. The van der Waals surface area contributed by atoms with Crippen LogP contribution < -0.4 is 5.69 Å². The molecule has 2 aromatic rings. The molecule has 1 fully saturated rings. The monoisotopic (exact) mass is 361 g/mol. The van der Waals surface area contributed by atoms with Crippen molar-refractivity contribution in [1.29, 1.82) is 0 Å². The van der Waals surface area contributed by atoms with Crippen LogP contribution in [0.3, 0.4) is 0 Å². The Labute approximate surface area is 154 Å². The van der Waals surface area contributed by atoms with Crippen LogP contribution in [0.4, 0.5) is 0 Å². The first-order valence-corrected chi connectivity index (χ1v) is 9.53. The second kappa shape index (κ2) is 8.18. The lowest BCUT2D eigenvalue weighted by Crippen LogP contribution is -2.35. The van der Waals surface area contributed by atoms with Gasteiger partial charge in [-0.2, -0.15) is 10.2 Å². The van der Waals surface area contributed by atoms with Crippen LogP contribution in [0.15, 0.2) is 10.9 Å². The Bertz CT molecular complexity index is 773. The molecule has 8 heteroatoms. The van der Waals surface area contributed by atoms with E-state index in [-0.39, 0.29) is 5.69 Å². The van der Waals surface area contributed by atoms with E-state index in [1.807, 2.05) is 32.5 Å². The zero-order valence-corrected chi connectivity index (χ0v) is 16.4. The minimum absolute atomic E-state index is 0.0180. The third kappa shape index (κ3) is 4.24. The second-order valence-corrected chi connectivity index (χ2v) is 7.53. The van der Waals surface area contributed by atoms with Gasteiger partial charge in [-0.3, -0.25) is 14.6 Å². The Balaban J connectivity index is 1.74. The fourth-order valence-electron chi connectivity index (χ4n) is 3.69. The molecule has 0 amide bonds. The van der Waals surface area contributed by atoms with Gasteiger partial charge in [0.05, 0.1) is 12.2 Å². The SMILES string of the molecule is CCn1c([C@H]2CCCN(Cc3cc(C)[nH]n3)C2)nn(CCN(C)C)c1=O. The fourth-order valence-corrected chi connectivity index (χ4v) is 3.69. The smallest absolute Gasteiger partial charge is 0.308 e. The number of aromatic nitrogens is 5. The second-order valence-electron chi connectivity index (χ2n) is 7.53. The summed E-state index contributed by atoms with van der Waals surface area (Å²) in [6.45, 7) is 9.01. The molecule has 0 aromatic carbocycles. The van der Waals surface area contributed by atoms with Gasteiger partial charge < -0.3 is 4.90 Å². The molecule has 0 unspecified atom stereocenters. The van der Waals surface area contributed by atoms with Crippen molar-refractivity contribution in [3.05, 3.63) is 33.8 Å². The molecule has 1 saturated heterocycles. The molecule has 2 aromatic heterocycles. The maximum Gasteiger partial charge on any atom is 0.345 e. The summed E-state index contributed by atoms with van der Waals surface area (Å²) >= 11 is 0. The molecule has 0 saturated carbocycles. The van der Waals surface area contributed by atoms with Gasteiger partial charge in [-0.25, -0.2) is 9.48 Å². The van der Waals surface area contributed by atoms with Crippen LogP contribution in [0.2, 0.25) is 0 Å². The number of aryl methyl sites for hydroxylation is 1. The minimum Gasteiger partial charge on any atom is -0.308 e. The molecular formula is C18H31N7O. The van der Waals surface area contributed by atoms with Crippen molar-refractivity contribution in [1.82, 2.24) is 34.3 Å². The first-order valence-electron chi connectivity index (χ1n) is 9.53. The van der Waals surface area contributed by atoms with Crippen LogP contribution in [0.5, 0.6) is 0 Å². The van der Waals surface area contributed by atoms with E-state index in [0.717, 1.165) is 56.2 Å². The van der Waals surface area contributed by atoms with Crippen LogP contribution >= 0.6 is 0 Å². The van der Waals surface area contributed by atoms with Crippen molar-refractivity contribution in [2.24, 2.45) is 0 Å². The van der Waals surface area contributed by atoms with E-state index < -0.39 is 0 Å². The molecule has 3 rings (SSSR count). The maximum atomic E-state index is 12.7. The van der Waals surface area contributed by atoms with E-state index in [1.165, 1.54) is 0 Å². The number of hydrogen-bond acceptors (Lipinski definition) is 5. The topological polar surface area (TPSA) is 75.0 Å². The first kappa shape index (κ1) is 18.8. The molecule has 1 N–H and O–H groups in total.